The Labute approximate surface area is 152 Å². The van der Waals surface area contributed by atoms with Gasteiger partial charge in [0.15, 0.2) is 0 Å². The monoisotopic (exact) mass is 338 g/mol. The van der Waals surface area contributed by atoms with Gasteiger partial charge in [-0.3, -0.25) is 0 Å². The van der Waals surface area contributed by atoms with Crippen molar-refractivity contribution in [2.75, 3.05) is 11.5 Å². The predicted octanol–water partition coefficient (Wildman–Crippen LogP) is 6.65. The van der Waals surface area contributed by atoms with E-state index in [9.17, 15) is 0 Å². The predicted molar refractivity (Wildman–Crippen MR) is 112 cm³/mol. The van der Waals surface area contributed by atoms with Crippen LogP contribution in [0.5, 0.6) is 0 Å². The number of hydrogen-bond acceptors (Lipinski definition) is 1. The highest BCUT2D eigenvalue weighted by Gasteiger charge is 2.18. The van der Waals surface area contributed by atoms with Crippen molar-refractivity contribution in [2.45, 2.75) is 0 Å². The highest BCUT2D eigenvalue weighted by atomic mass is 32.2. The van der Waals surface area contributed by atoms with Crippen molar-refractivity contribution in [3.05, 3.63) is 96.1 Å². The molecule has 4 aromatic rings. The van der Waals surface area contributed by atoms with Crippen LogP contribution in [0.4, 0.5) is 0 Å². The molecule has 0 spiro atoms. The van der Waals surface area contributed by atoms with E-state index in [0.29, 0.717) is 0 Å². The second-order valence-electron chi connectivity index (χ2n) is 6.57. The summed E-state index contributed by atoms with van der Waals surface area (Å²) in [4.78, 5) is 0. The first-order valence-electron chi connectivity index (χ1n) is 8.67. The van der Waals surface area contributed by atoms with E-state index in [0.717, 1.165) is 11.5 Å². The molecule has 0 saturated carbocycles. The summed E-state index contributed by atoms with van der Waals surface area (Å²) >= 11 is 2.02. The van der Waals surface area contributed by atoms with E-state index in [1.54, 1.807) is 0 Å². The Morgan fingerprint density at radius 2 is 0.920 bits per heavy atom. The lowest BCUT2D eigenvalue weighted by atomic mass is 9.94. The molecule has 0 N–H and O–H groups in total. The summed E-state index contributed by atoms with van der Waals surface area (Å²) in [5, 5.41) is 5.26. The lowest BCUT2D eigenvalue weighted by Gasteiger charge is -2.10. The molecule has 0 aliphatic carbocycles. The van der Waals surface area contributed by atoms with Crippen LogP contribution in [0.3, 0.4) is 0 Å². The fourth-order valence-electron chi connectivity index (χ4n) is 3.70. The molecule has 0 nitrogen and oxygen atoms in total. The molecule has 5 rings (SSSR count). The van der Waals surface area contributed by atoms with E-state index in [1.165, 1.54) is 43.8 Å². The molecule has 0 fully saturated rings. The summed E-state index contributed by atoms with van der Waals surface area (Å²) in [6.07, 6.45) is 0. The van der Waals surface area contributed by atoms with Crippen LogP contribution in [-0.2, 0) is 0 Å². The highest BCUT2D eigenvalue weighted by molar-refractivity contribution is 8.00. The van der Waals surface area contributed by atoms with Crippen LogP contribution in [0.2, 0.25) is 0 Å². The first-order chi connectivity index (χ1) is 12.4. The summed E-state index contributed by atoms with van der Waals surface area (Å²) in [5.41, 5.74) is 5.72. The Kier molecular flexibility index (Phi) is 3.61. The second-order valence-corrected chi connectivity index (χ2v) is 7.56. The van der Waals surface area contributed by atoms with Crippen LogP contribution in [0.15, 0.2) is 84.9 Å². The van der Waals surface area contributed by atoms with E-state index in [4.69, 9.17) is 0 Å². The maximum absolute atomic E-state index is 2.34. The number of benzene rings is 4. The highest BCUT2D eigenvalue weighted by Crippen LogP contribution is 2.39. The van der Waals surface area contributed by atoms with Crippen molar-refractivity contribution in [3.8, 4) is 0 Å². The van der Waals surface area contributed by atoms with Crippen molar-refractivity contribution in [1.82, 2.24) is 0 Å². The van der Waals surface area contributed by atoms with Gasteiger partial charge in [0.25, 0.3) is 0 Å². The maximum atomic E-state index is 2.34. The average molecular weight is 338 g/mol. The van der Waals surface area contributed by atoms with Gasteiger partial charge >= 0.3 is 0 Å². The number of rotatable bonds is 2. The van der Waals surface area contributed by atoms with Gasteiger partial charge in [0.1, 0.15) is 0 Å². The van der Waals surface area contributed by atoms with Crippen LogP contribution >= 0.6 is 11.8 Å². The fraction of sp³-hybridized carbons (Fsp3) is 0.0833. The summed E-state index contributed by atoms with van der Waals surface area (Å²) < 4.78 is 0. The Bertz CT molecular complexity index is 1030. The van der Waals surface area contributed by atoms with Gasteiger partial charge < -0.3 is 0 Å². The Balaban J connectivity index is 1.66. The van der Waals surface area contributed by atoms with Crippen LogP contribution < -0.4 is 0 Å². The Morgan fingerprint density at radius 1 is 0.480 bits per heavy atom. The summed E-state index contributed by atoms with van der Waals surface area (Å²) in [5.74, 6) is 2.20. The fourth-order valence-corrected chi connectivity index (χ4v) is 4.89. The molecule has 0 unspecified atom stereocenters. The molecule has 1 heteroatoms. The van der Waals surface area contributed by atoms with Gasteiger partial charge in [0.05, 0.1) is 0 Å². The average Bonchev–Trinajstić information content (AvgIpc) is 3.17. The van der Waals surface area contributed by atoms with E-state index in [2.05, 4.69) is 84.9 Å². The van der Waals surface area contributed by atoms with Crippen molar-refractivity contribution >= 4 is 44.5 Å². The summed E-state index contributed by atoms with van der Waals surface area (Å²) in [6.45, 7) is 0. The molecule has 0 aromatic heterocycles. The molecule has 0 bridgehead atoms. The molecule has 0 atom stereocenters. The van der Waals surface area contributed by atoms with E-state index in [1.807, 2.05) is 11.8 Å². The minimum Gasteiger partial charge on any atom is -0.152 e. The molecule has 25 heavy (non-hydrogen) atoms. The lowest BCUT2D eigenvalue weighted by molar-refractivity contribution is 1.59. The first-order valence-corrected chi connectivity index (χ1v) is 9.82. The van der Waals surface area contributed by atoms with Gasteiger partial charge in [0, 0.05) is 11.5 Å². The van der Waals surface area contributed by atoms with Gasteiger partial charge in [-0.15, -0.1) is 0 Å². The van der Waals surface area contributed by atoms with Gasteiger partial charge in [0.2, 0.25) is 0 Å². The summed E-state index contributed by atoms with van der Waals surface area (Å²) in [7, 11) is 0. The molecule has 1 aliphatic rings. The van der Waals surface area contributed by atoms with Crippen molar-refractivity contribution in [3.63, 3.8) is 0 Å². The minimum atomic E-state index is 1.10. The lowest BCUT2D eigenvalue weighted by Crippen LogP contribution is -1.90. The van der Waals surface area contributed by atoms with E-state index >= 15 is 0 Å². The third-order valence-corrected chi connectivity index (χ3v) is 6.04. The molecule has 0 radical (unpaired) electrons. The number of hydrogen-bond donors (Lipinski definition) is 0. The third kappa shape index (κ3) is 2.65. The smallest absolute Gasteiger partial charge is 0.0197 e. The third-order valence-electron chi connectivity index (χ3n) is 5.05. The van der Waals surface area contributed by atoms with Gasteiger partial charge in [-0.2, -0.15) is 11.8 Å². The van der Waals surface area contributed by atoms with E-state index < -0.39 is 0 Å². The minimum absolute atomic E-state index is 1.10. The van der Waals surface area contributed by atoms with Crippen LogP contribution in [0, 0.1) is 0 Å². The zero-order valence-electron chi connectivity index (χ0n) is 13.9. The molecular formula is C24H18S. The van der Waals surface area contributed by atoms with Gasteiger partial charge in [-0.05, 0) is 56.0 Å². The SMILES string of the molecule is c1ccc2cc(C3=C(c4ccc5ccccc5c4)CSC3)ccc2c1. The van der Waals surface area contributed by atoms with Crippen LogP contribution in [0.1, 0.15) is 11.1 Å². The quantitative estimate of drug-likeness (QED) is 0.394. The zero-order chi connectivity index (χ0) is 16.6. The molecule has 0 amide bonds. The topological polar surface area (TPSA) is 0 Å². The normalized spacial score (nSPS) is 14.6. The summed E-state index contributed by atoms with van der Waals surface area (Å²) in [6, 6.07) is 31.0. The standard InChI is InChI=1S/C24H18S/c1-3-7-19-13-21(11-9-17(19)5-1)23-15-25-16-24(23)22-12-10-18-6-2-4-8-20(18)14-22/h1-14H,15-16H2. The largest absolute Gasteiger partial charge is 0.152 e. The zero-order valence-corrected chi connectivity index (χ0v) is 14.7. The molecule has 0 saturated heterocycles. The molecule has 1 heterocycles. The molecule has 4 aromatic carbocycles. The first kappa shape index (κ1) is 14.8. The van der Waals surface area contributed by atoms with Crippen LogP contribution in [0.25, 0.3) is 32.7 Å². The van der Waals surface area contributed by atoms with Crippen molar-refractivity contribution in [2.24, 2.45) is 0 Å². The number of thioether (sulfide) groups is 1. The maximum Gasteiger partial charge on any atom is 0.0197 e. The van der Waals surface area contributed by atoms with Crippen molar-refractivity contribution in [1.29, 1.82) is 0 Å². The Morgan fingerprint density at radius 3 is 1.40 bits per heavy atom. The van der Waals surface area contributed by atoms with Gasteiger partial charge in [-0.25, -0.2) is 0 Å². The molecular weight excluding hydrogens is 320 g/mol. The molecule has 120 valence electrons. The Hall–Kier alpha value is -2.51. The van der Waals surface area contributed by atoms with Crippen molar-refractivity contribution < 1.29 is 0 Å². The molecule has 1 aliphatic heterocycles. The van der Waals surface area contributed by atoms with Crippen LogP contribution in [-0.4, -0.2) is 11.5 Å². The number of fused-ring (bicyclic) bond motifs is 2. The second kappa shape index (κ2) is 6.09. The van der Waals surface area contributed by atoms with E-state index in [-0.39, 0.29) is 0 Å². The van der Waals surface area contributed by atoms with Gasteiger partial charge in [-0.1, -0.05) is 72.8 Å².